The Labute approximate surface area is 98.0 Å². The average molecular weight is 235 g/mol. The fourth-order valence-corrected chi connectivity index (χ4v) is 2.02. The highest BCUT2D eigenvalue weighted by atomic mass is 35.5. The molecule has 1 aromatic carbocycles. The van der Waals surface area contributed by atoms with Crippen LogP contribution in [0.15, 0.2) is 24.3 Å². The van der Waals surface area contributed by atoms with Gasteiger partial charge in [-0.3, -0.25) is 0 Å². The number of halogens is 1. The van der Waals surface area contributed by atoms with Crippen LogP contribution in [0.2, 0.25) is 5.02 Å². The van der Waals surface area contributed by atoms with Gasteiger partial charge in [-0.1, -0.05) is 35.0 Å². The molecule has 1 heterocycles. The Morgan fingerprint density at radius 3 is 2.75 bits per heavy atom. The summed E-state index contributed by atoms with van der Waals surface area (Å²) in [6, 6.07) is 8.06. The van der Waals surface area contributed by atoms with E-state index in [4.69, 9.17) is 17.3 Å². The number of hydrogen-bond donors (Lipinski definition) is 1. The van der Waals surface area contributed by atoms with E-state index in [0.29, 0.717) is 16.9 Å². The topological polar surface area (TPSA) is 56.7 Å². The molecular weight excluding hydrogens is 224 g/mol. The van der Waals surface area contributed by atoms with Crippen LogP contribution in [0.5, 0.6) is 0 Å². The lowest BCUT2D eigenvalue weighted by atomic mass is 10.1. The summed E-state index contributed by atoms with van der Waals surface area (Å²) >= 11 is 6.16. The maximum Gasteiger partial charge on any atom is 0.174 e. The molecule has 82 valence electrons. The Bertz CT molecular complexity index is 531. The lowest BCUT2D eigenvalue weighted by Gasteiger charge is -2.06. The second-order valence-electron chi connectivity index (χ2n) is 3.98. The molecule has 1 fully saturated rings. The summed E-state index contributed by atoms with van der Waals surface area (Å²) in [4.78, 5) is 0. The molecule has 0 spiro atoms. The van der Waals surface area contributed by atoms with Crippen molar-refractivity contribution in [1.82, 2.24) is 15.0 Å². The van der Waals surface area contributed by atoms with Crippen molar-refractivity contribution < 1.29 is 0 Å². The molecule has 1 aromatic heterocycles. The van der Waals surface area contributed by atoms with Crippen molar-refractivity contribution in [3.8, 4) is 11.3 Å². The normalized spacial score (nSPS) is 15.3. The molecule has 0 amide bonds. The zero-order chi connectivity index (χ0) is 11.1. The van der Waals surface area contributed by atoms with E-state index in [2.05, 4.69) is 10.3 Å². The minimum atomic E-state index is 0.441. The molecule has 2 N–H and O–H groups in total. The van der Waals surface area contributed by atoms with E-state index in [1.54, 1.807) is 0 Å². The summed E-state index contributed by atoms with van der Waals surface area (Å²) < 4.78 is 1.89. The molecule has 4 nitrogen and oxygen atoms in total. The van der Waals surface area contributed by atoms with E-state index in [9.17, 15) is 0 Å². The van der Waals surface area contributed by atoms with Gasteiger partial charge in [0.2, 0.25) is 0 Å². The number of hydrogen-bond acceptors (Lipinski definition) is 3. The first-order valence-corrected chi connectivity index (χ1v) is 5.60. The van der Waals surface area contributed by atoms with Crippen LogP contribution in [-0.4, -0.2) is 15.0 Å². The lowest BCUT2D eigenvalue weighted by Crippen LogP contribution is -2.00. The molecule has 5 heteroatoms. The quantitative estimate of drug-likeness (QED) is 0.869. The standard InChI is InChI=1S/C11H11ClN4/c12-9-4-2-1-3-8(9)10-11(13)14-15-16(10)7-5-6-7/h1-4,7H,5-6,13H2. The second-order valence-corrected chi connectivity index (χ2v) is 4.39. The van der Waals surface area contributed by atoms with Gasteiger partial charge in [0.15, 0.2) is 5.82 Å². The van der Waals surface area contributed by atoms with Gasteiger partial charge in [-0.15, -0.1) is 5.10 Å². The molecule has 16 heavy (non-hydrogen) atoms. The molecular formula is C11H11ClN4. The maximum atomic E-state index is 6.16. The largest absolute Gasteiger partial charge is 0.380 e. The van der Waals surface area contributed by atoms with Crippen LogP contribution in [0.1, 0.15) is 18.9 Å². The van der Waals surface area contributed by atoms with Crippen LogP contribution in [0.25, 0.3) is 11.3 Å². The molecule has 1 saturated carbocycles. The van der Waals surface area contributed by atoms with Gasteiger partial charge in [-0.2, -0.15) is 0 Å². The summed E-state index contributed by atoms with van der Waals surface area (Å²) in [7, 11) is 0. The van der Waals surface area contributed by atoms with Crippen LogP contribution in [0.3, 0.4) is 0 Å². The number of nitrogens with two attached hydrogens (primary N) is 1. The van der Waals surface area contributed by atoms with E-state index in [1.165, 1.54) is 0 Å². The molecule has 0 saturated heterocycles. The van der Waals surface area contributed by atoms with Crippen molar-refractivity contribution in [2.45, 2.75) is 18.9 Å². The molecule has 0 aliphatic heterocycles. The van der Waals surface area contributed by atoms with Gasteiger partial charge in [-0.25, -0.2) is 4.68 Å². The first kappa shape index (κ1) is 9.66. The van der Waals surface area contributed by atoms with Crippen LogP contribution in [-0.2, 0) is 0 Å². The third-order valence-corrected chi connectivity index (χ3v) is 3.07. The Hall–Kier alpha value is -1.55. The highest BCUT2D eigenvalue weighted by molar-refractivity contribution is 6.33. The fraction of sp³-hybridized carbons (Fsp3) is 0.273. The van der Waals surface area contributed by atoms with Crippen molar-refractivity contribution in [2.75, 3.05) is 5.73 Å². The molecule has 1 aliphatic rings. The van der Waals surface area contributed by atoms with Crippen LogP contribution >= 0.6 is 11.6 Å². The maximum absolute atomic E-state index is 6.16. The number of anilines is 1. The minimum absolute atomic E-state index is 0.441. The van der Waals surface area contributed by atoms with Crippen LogP contribution < -0.4 is 5.73 Å². The van der Waals surface area contributed by atoms with Gasteiger partial charge in [0.25, 0.3) is 0 Å². The zero-order valence-corrected chi connectivity index (χ0v) is 9.35. The van der Waals surface area contributed by atoms with Crippen molar-refractivity contribution >= 4 is 17.4 Å². The van der Waals surface area contributed by atoms with Crippen LogP contribution in [0, 0.1) is 0 Å². The van der Waals surface area contributed by atoms with Crippen molar-refractivity contribution in [3.63, 3.8) is 0 Å². The summed E-state index contributed by atoms with van der Waals surface area (Å²) in [5.41, 5.74) is 7.60. The Morgan fingerprint density at radius 2 is 2.06 bits per heavy atom. The first-order valence-electron chi connectivity index (χ1n) is 5.23. The lowest BCUT2D eigenvalue weighted by molar-refractivity contribution is 0.616. The van der Waals surface area contributed by atoms with E-state index >= 15 is 0 Å². The molecule has 0 radical (unpaired) electrons. The summed E-state index contributed by atoms with van der Waals surface area (Å²) in [5, 5.41) is 8.68. The number of nitrogens with zero attached hydrogens (tertiary/aromatic N) is 3. The van der Waals surface area contributed by atoms with Gasteiger partial charge < -0.3 is 5.73 Å². The van der Waals surface area contributed by atoms with Crippen molar-refractivity contribution in [3.05, 3.63) is 29.3 Å². The minimum Gasteiger partial charge on any atom is -0.380 e. The number of benzene rings is 1. The van der Waals surface area contributed by atoms with Gasteiger partial charge in [0.05, 0.1) is 11.1 Å². The van der Waals surface area contributed by atoms with Crippen LogP contribution in [0.4, 0.5) is 5.82 Å². The third kappa shape index (κ3) is 1.46. The second kappa shape index (κ2) is 3.49. The molecule has 0 atom stereocenters. The van der Waals surface area contributed by atoms with E-state index < -0.39 is 0 Å². The van der Waals surface area contributed by atoms with E-state index in [0.717, 1.165) is 24.1 Å². The monoisotopic (exact) mass is 234 g/mol. The Balaban J connectivity index is 2.18. The molecule has 1 aliphatic carbocycles. The average Bonchev–Trinajstić information content (AvgIpc) is 3.04. The number of rotatable bonds is 2. The first-order chi connectivity index (χ1) is 7.77. The van der Waals surface area contributed by atoms with Gasteiger partial charge >= 0.3 is 0 Å². The highest BCUT2D eigenvalue weighted by Crippen LogP contribution is 2.40. The van der Waals surface area contributed by atoms with E-state index in [-0.39, 0.29) is 0 Å². The molecule has 2 aromatic rings. The number of aromatic nitrogens is 3. The van der Waals surface area contributed by atoms with Crippen molar-refractivity contribution in [2.24, 2.45) is 0 Å². The number of nitrogen functional groups attached to an aromatic ring is 1. The summed E-state index contributed by atoms with van der Waals surface area (Å²) in [5.74, 6) is 0.444. The predicted octanol–water partition coefficient (Wildman–Crippen LogP) is 2.52. The smallest absolute Gasteiger partial charge is 0.174 e. The van der Waals surface area contributed by atoms with Gasteiger partial charge in [0.1, 0.15) is 5.69 Å². The molecule has 3 rings (SSSR count). The zero-order valence-electron chi connectivity index (χ0n) is 8.60. The fourth-order valence-electron chi connectivity index (χ4n) is 1.80. The van der Waals surface area contributed by atoms with Gasteiger partial charge in [0, 0.05) is 5.56 Å². The summed E-state index contributed by atoms with van der Waals surface area (Å²) in [6.45, 7) is 0. The Morgan fingerprint density at radius 1 is 1.31 bits per heavy atom. The summed E-state index contributed by atoms with van der Waals surface area (Å²) in [6.07, 6.45) is 2.28. The Kier molecular flexibility index (Phi) is 2.11. The van der Waals surface area contributed by atoms with Crippen molar-refractivity contribution in [1.29, 1.82) is 0 Å². The molecule has 0 unspecified atom stereocenters. The SMILES string of the molecule is Nc1nnn(C2CC2)c1-c1ccccc1Cl. The third-order valence-electron chi connectivity index (χ3n) is 2.74. The predicted molar refractivity (Wildman–Crippen MR) is 63.2 cm³/mol. The van der Waals surface area contributed by atoms with Gasteiger partial charge in [-0.05, 0) is 18.9 Å². The highest BCUT2D eigenvalue weighted by Gasteiger charge is 2.29. The van der Waals surface area contributed by atoms with E-state index in [1.807, 2.05) is 28.9 Å². The molecule has 0 bridgehead atoms.